The second-order valence-electron chi connectivity index (χ2n) is 4.58. The van der Waals surface area contributed by atoms with Gasteiger partial charge in [-0.05, 0) is 58.5 Å². The maximum atomic E-state index is 11.7. The summed E-state index contributed by atoms with van der Waals surface area (Å²) < 4.78 is 11.4. The van der Waals surface area contributed by atoms with Gasteiger partial charge in [0.25, 0.3) is 5.91 Å². The smallest absolute Gasteiger partial charge is 0.277 e. The predicted octanol–water partition coefficient (Wildman–Crippen LogP) is 2.70. The van der Waals surface area contributed by atoms with Gasteiger partial charge in [-0.1, -0.05) is 12.1 Å². The Hall–Kier alpha value is -2.60. The lowest BCUT2D eigenvalue weighted by atomic mass is 10.2. The van der Waals surface area contributed by atoms with Crippen LogP contribution in [0.2, 0.25) is 0 Å². The zero-order valence-electron chi connectivity index (χ0n) is 12.8. The highest BCUT2D eigenvalue weighted by atomic mass is 127. The molecule has 24 heavy (non-hydrogen) atoms. The van der Waals surface area contributed by atoms with Crippen LogP contribution < -0.4 is 14.9 Å². The number of methoxy groups -OCH3 is 1. The minimum atomic E-state index is -0.415. The molecule has 0 fully saturated rings. The van der Waals surface area contributed by atoms with Crippen LogP contribution >= 0.6 is 22.6 Å². The van der Waals surface area contributed by atoms with Gasteiger partial charge < -0.3 is 9.47 Å². The number of hydrogen-bond donors (Lipinski definition) is 1. The molecule has 6 nitrogen and oxygen atoms in total. The topological polar surface area (TPSA) is 83.7 Å². The fourth-order valence-corrected chi connectivity index (χ4v) is 2.56. The van der Waals surface area contributed by atoms with Gasteiger partial charge in [0, 0.05) is 0 Å². The SMILES string of the molecule is COc1ccc(/C=N\NC(=O)COc2ccccc2C#N)cc1I. The van der Waals surface area contributed by atoms with E-state index in [0.717, 1.165) is 14.9 Å². The molecule has 2 aromatic rings. The van der Waals surface area contributed by atoms with Crippen LogP contribution in [0.5, 0.6) is 11.5 Å². The highest BCUT2D eigenvalue weighted by Crippen LogP contribution is 2.20. The number of rotatable bonds is 6. The van der Waals surface area contributed by atoms with Crippen molar-refractivity contribution in [3.8, 4) is 17.6 Å². The van der Waals surface area contributed by atoms with Gasteiger partial charge in [0.2, 0.25) is 0 Å². The molecule has 0 saturated carbocycles. The lowest BCUT2D eigenvalue weighted by Gasteiger charge is -2.06. The van der Waals surface area contributed by atoms with Gasteiger partial charge >= 0.3 is 0 Å². The summed E-state index contributed by atoms with van der Waals surface area (Å²) >= 11 is 2.16. The van der Waals surface area contributed by atoms with E-state index in [0.29, 0.717) is 11.3 Å². The monoisotopic (exact) mass is 435 g/mol. The van der Waals surface area contributed by atoms with Crippen LogP contribution in [0.3, 0.4) is 0 Å². The van der Waals surface area contributed by atoms with Crippen molar-refractivity contribution in [2.24, 2.45) is 5.10 Å². The molecular weight excluding hydrogens is 421 g/mol. The Labute approximate surface area is 153 Å². The first-order valence-corrected chi connectivity index (χ1v) is 7.99. The predicted molar refractivity (Wildman–Crippen MR) is 98.1 cm³/mol. The molecule has 0 aliphatic heterocycles. The first kappa shape index (κ1) is 17.7. The van der Waals surface area contributed by atoms with Gasteiger partial charge in [0.15, 0.2) is 6.61 Å². The summed E-state index contributed by atoms with van der Waals surface area (Å²) in [5.74, 6) is 0.729. The van der Waals surface area contributed by atoms with Gasteiger partial charge in [-0.3, -0.25) is 4.79 Å². The number of ether oxygens (including phenoxy) is 2. The van der Waals surface area contributed by atoms with Crippen molar-refractivity contribution >= 4 is 34.7 Å². The van der Waals surface area contributed by atoms with E-state index in [4.69, 9.17) is 14.7 Å². The van der Waals surface area contributed by atoms with Gasteiger partial charge in [-0.2, -0.15) is 10.4 Å². The minimum absolute atomic E-state index is 0.226. The Bertz CT molecular complexity index is 800. The van der Waals surface area contributed by atoms with Crippen LogP contribution in [-0.2, 0) is 4.79 Å². The fourth-order valence-electron chi connectivity index (χ4n) is 1.80. The van der Waals surface area contributed by atoms with Crippen molar-refractivity contribution < 1.29 is 14.3 Å². The van der Waals surface area contributed by atoms with Crippen LogP contribution in [0.25, 0.3) is 0 Å². The molecule has 2 aromatic carbocycles. The number of nitrogens with one attached hydrogen (secondary N) is 1. The summed E-state index contributed by atoms with van der Waals surface area (Å²) in [6, 6.07) is 14.3. The van der Waals surface area contributed by atoms with E-state index >= 15 is 0 Å². The number of halogens is 1. The lowest BCUT2D eigenvalue weighted by molar-refractivity contribution is -0.123. The van der Waals surface area contributed by atoms with E-state index in [9.17, 15) is 4.79 Å². The molecule has 0 aliphatic rings. The number of para-hydroxylation sites is 1. The Kier molecular flexibility index (Phi) is 6.57. The quantitative estimate of drug-likeness (QED) is 0.430. The minimum Gasteiger partial charge on any atom is -0.496 e. The van der Waals surface area contributed by atoms with Crippen molar-refractivity contribution in [3.63, 3.8) is 0 Å². The molecule has 1 N–H and O–H groups in total. The summed E-state index contributed by atoms with van der Waals surface area (Å²) in [5.41, 5.74) is 3.58. The normalized spacial score (nSPS) is 10.2. The maximum Gasteiger partial charge on any atom is 0.277 e. The molecule has 0 bridgehead atoms. The molecule has 0 radical (unpaired) electrons. The molecule has 2 rings (SSSR count). The van der Waals surface area contributed by atoms with Crippen LogP contribution in [-0.4, -0.2) is 25.8 Å². The van der Waals surface area contributed by atoms with E-state index in [1.54, 1.807) is 31.4 Å². The number of benzene rings is 2. The summed E-state index contributed by atoms with van der Waals surface area (Å²) in [5, 5.41) is 12.8. The van der Waals surface area contributed by atoms with E-state index < -0.39 is 5.91 Å². The highest BCUT2D eigenvalue weighted by molar-refractivity contribution is 14.1. The second kappa shape index (κ2) is 8.88. The van der Waals surface area contributed by atoms with Crippen molar-refractivity contribution in [3.05, 3.63) is 57.2 Å². The molecule has 0 aromatic heterocycles. The molecule has 7 heteroatoms. The summed E-state index contributed by atoms with van der Waals surface area (Å²) in [7, 11) is 1.61. The van der Waals surface area contributed by atoms with Crippen molar-refractivity contribution in [2.75, 3.05) is 13.7 Å². The van der Waals surface area contributed by atoms with Gasteiger partial charge in [0.1, 0.15) is 17.6 Å². The largest absolute Gasteiger partial charge is 0.496 e. The number of nitrogens with zero attached hydrogens (tertiary/aromatic N) is 2. The van der Waals surface area contributed by atoms with Gasteiger partial charge in [-0.15, -0.1) is 0 Å². The third-order valence-electron chi connectivity index (χ3n) is 2.94. The number of carbonyl (C=O) groups is 1. The highest BCUT2D eigenvalue weighted by Gasteiger charge is 2.05. The van der Waals surface area contributed by atoms with Gasteiger partial charge in [-0.25, -0.2) is 5.43 Å². The Morgan fingerprint density at radius 3 is 2.83 bits per heavy atom. The fraction of sp³-hybridized carbons (Fsp3) is 0.118. The second-order valence-corrected chi connectivity index (χ2v) is 5.75. The van der Waals surface area contributed by atoms with Crippen molar-refractivity contribution in [1.29, 1.82) is 5.26 Å². The standard InChI is InChI=1S/C17H14IN3O3/c1-23-16-7-6-12(8-14(16)18)10-20-21-17(22)11-24-15-5-3-2-4-13(15)9-19/h2-8,10H,11H2,1H3,(H,21,22)/b20-10-. The molecule has 0 saturated heterocycles. The van der Waals surface area contributed by atoms with Crippen LogP contribution in [0.15, 0.2) is 47.6 Å². The lowest BCUT2D eigenvalue weighted by Crippen LogP contribution is -2.24. The Morgan fingerprint density at radius 2 is 2.12 bits per heavy atom. The summed E-state index contributed by atoms with van der Waals surface area (Å²) in [6.07, 6.45) is 1.53. The molecule has 122 valence electrons. The zero-order valence-corrected chi connectivity index (χ0v) is 15.0. The average molecular weight is 435 g/mol. The third-order valence-corrected chi connectivity index (χ3v) is 3.79. The Balaban J connectivity index is 1.87. The molecule has 0 spiro atoms. The molecular formula is C17H14IN3O3. The molecule has 1 amide bonds. The van der Waals surface area contributed by atoms with Crippen LogP contribution in [0.4, 0.5) is 0 Å². The van der Waals surface area contributed by atoms with E-state index in [1.807, 2.05) is 24.3 Å². The molecule has 0 unspecified atom stereocenters. The molecule has 0 heterocycles. The van der Waals surface area contributed by atoms with Gasteiger partial charge in [0.05, 0.1) is 22.5 Å². The van der Waals surface area contributed by atoms with E-state index in [1.165, 1.54) is 6.21 Å². The third kappa shape index (κ3) is 4.96. The average Bonchev–Trinajstić information content (AvgIpc) is 2.60. The summed E-state index contributed by atoms with van der Waals surface area (Å²) in [6.45, 7) is -0.226. The van der Waals surface area contributed by atoms with E-state index in [2.05, 4.69) is 33.1 Å². The summed E-state index contributed by atoms with van der Waals surface area (Å²) in [4.78, 5) is 11.7. The number of carbonyl (C=O) groups excluding carboxylic acids is 1. The number of hydrogen-bond acceptors (Lipinski definition) is 5. The number of nitriles is 1. The first-order chi connectivity index (χ1) is 11.6. The van der Waals surface area contributed by atoms with Crippen LogP contribution in [0.1, 0.15) is 11.1 Å². The number of amides is 1. The van der Waals surface area contributed by atoms with E-state index in [-0.39, 0.29) is 6.61 Å². The first-order valence-electron chi connectivity index (χ1n) is 6.91. The number of hydrazone groups is 1. The molecule has 0 atom stereocenters. The Morgan fingerprint density at radius 1 is 1.33 bits per heavy atom. The maximum absolute atomic E-state index is 11.7. The van der Waals surface area contributed by atoms with Crippen molar-refractivity contribution in [2.45, 2.75) is 0 Å². The van der Waals surface area contributed by atoms with Crippen LogP contribution in [0, 0.1) is 14.9 Å². The zero-order chi connectivity index (χ0) is 17.4. The van der Waals surface area contributed by atoms with Crippen molar-refractivity contribution in [1.82, 2.24) is 5.43 Å². The molecule has 0 aliphatic carbocycles.